The molecule has 0 aromatic carbocycles. The van der Waals surface area contributed by atoms with Crippen molar-refractivity contribution in [3.05, 3.63) is 12.0 Å². The summed E-state index contributed by atoms with van der Waals surface area (Å²) in [6.07, 6.45) is 2.76. The molecule has 4 heteroatoms. The number of aromatic nitrogens is 1. The van der Waals surface area contributed by atoms with E-state index in [-0.39, 0.29) is 5.41 Å². The fourth-order valence-electron chi connectivity index (χ4n) is 0.915. The lowest BCUT2D eigenvalue weighted by Gasteiger charge is -2.21. The van der Waals surface area contributed by atoms with Gasteiger partial charge in [0.1, 0.15) is 6.26 Å². The van der Waals surface area contributed by atoms with E-state index in [2.05, 4.69) is 18.8 Å². The van der Waals surface area contributed by atoms with Gasteiger partial charge in [0.2, 0.25) is 0 Å². The summed E-state index contributed by atoms with van der Waals surface area (Å²) < 4.78 is 5.23. The van der Waals surface area contributed by atoms with Crippen molar-refractivity contribution in [3.8, 4) is 0 Å². The van der Waals surface area contributed by atoms with Crippen molar-refractivity contribution in [1.82, 2.24) is 4.98 Å². The molecule has 14 heavy (non-hydrogen) atoms. The van der Waals surface area contributed by atoms with E-state index in [0.29, 0.717) is 0 Å². The first-order valence-electron chi connectivity index (χ1n) is 4.78. The molecule has 1 aromatic rings. The maximum absolute atomic E-state index is 5.64. The predicted molar refractivity (Wildman–Crippen MR) is 59.4 cm³/mol. The molecule has 0 radical (unpaired) electrons. The van der Waals surface area contributed by atoms with Crippen molar-refractivity contribution in [2.24, 2.45) is 11.1 Å². The van der Waals surface area contributed by atoms with Crippen molar-refractivity contribution in [1.29, 1.82) is 0 Å². The number of thioether (sulfide) groups is 1. The highest BCUT2D eigenvalue weighted by atomic mass is 32.2. The molecule has 2 N–H and O–H groups in total. The molecular weight excluding hydrogens is 196 g/mol. The SMILES string of the molecule is Cc1coc(SCCC(C)(C)CN)n1. The van der Waals surface area contributed by atoms with Crippen LogP contribution in [0.3, 0.4) is 0 Å². The topological polar surface area (TPSA) is 52.0 Å². The molecule has 3 nitrogen and oxygen atoms in total. The van der Waals surface area contributed by atoms with Crippen LogP contribution < -0.4 is 5.73 Å². The van der Waals surface area contributed by atoms with Crippen molar-refractivity contribution >= 4 is 11.8 Å². The van der Waals surface area contributed by atoms with Crippen molar-refractivity contribution in [3.63, 3.8) is 0 Å². The number of rotatable bonds is 5. The molecule has 0 aliphatic carbocycles. The van der Waals surface area contributed by atoms with Gasteiger partial charge < -0.3 is 10.2 Å². The molecule has 0 saturated carbocycles. The van der Waals surface area contributed by atoms with Gasteiger partial charge in [-0.3, -0.25) is 0 Å². The van der Waals surface area contributed by atoms with Crippen LogP contribution in [0.4, 0.5) is 0 Å². The van der Waals surface area contributed by atoms with Crippen LogP contribution in [-0.4, -0.2) is 17.3 Å². The second-order valence-electron chi connectivity index (χ2n) is 4.22. The summed E-state index contributed by atoms with van der Waals surface area (Å²) in [6, 6.07) is 0. The largest absolute Gasteiger partial charge is 0.440 e. The lowest BCUT2D eigenvalue weighted by molar-refractivity contribution is 0.367. The number of hydrogen-bond acceptors (Lipinski definition) is 4. The maximum atomic E-state index is 5.64. The molecule has 0 spiro atoms. The van der Waals surface area contributed by atoms with E-state index in [1.165, 1.54) is 0 Å². The van der Waals surface area contributed by atoms with Gasteiger partial charge in [-0.05, 0) is 25.3 Å². The quantitative estimate of drug-likeness (QED) is 0.765. The summed E-state index contributed by atoms with van der Waals surface area (Å²) in [5, 5.41) is 0.760. The normalized spacial score (nSPS) is 12.0. The Balaban J connectivity index is 2.28. The van der Waals surface area contributed by atoms with Crippen LogP contribution in [0, 0.1) is 12.3 Å². The van der Waals surface area contributed by atoms with Crippen LogP contribution in [0.1, 0.15) is 26.0 Å². The zero-order valence-electron chi connectivity index (χ0n) is 9.04. The van der Waals surface area contributed by atoms with Gasteiger partial charge in [0.25, 0.3) is 5.22 Å². The fourth-order valence-corrected chi connectivity index (χ4v) is 2.07. The molecule has 0 amide bonds. The molecule has 0 atom stereocenters. The molecule has 0 bridgehead atoms. The van der Waals surface area contributed by atoms with Crippen LogP contribution in [0.2, 0.25) is 0 Å². The highest BCUT2D eigenvalue weighted by Crippen LogP contribution is 2.24. The first-order valence-corrected chi connectivity index (χ1v) is 5.77. The minimum absolute atomic E-state index is 0.217. The molecule has 80 valence electrons. The average Bonchev–Trinajstić information content (AvgIpc) is 2.51. The van der Waals surface area contributed by atoms with Gasteiger partial charge in [0.15, 0.2) is 0 Å². The van der Waals surface area contributed by atoms with Crippen LogP contribution in [0.15, 0.2) is 15.9 Å². The monoisotopic (exact) mass is 214 g/mol. The molecule has 0 fully saturated rings. The standard InChI is InChI=1S/C10H18N2OS/c1-8-6-13-9(12-8)14-5-4-10(2,3)7-11/h6H,4-5,7,11H2,1-3H3. The first kappa shape index (κ1) is 11.6. The van der Waals surface area contributed by atoms with Crippen molar-refractivity contribution in [2.45, 2.75) is 32.4 Å². The molecule has 0 aliphatic rings. The lowest BCUT2D eigenvalue weighted by Crippen LogP contribution is -2.23. The van der Waals surface area contributed by atoms with Gasteiger partial charge in [-0.25, -0.2) is 4.98 Å². The fraction of sp³-hybridized carbons (Fsp3) is 0.700. The van der Waals surface area contributed by atoms with Gasteiger partial charge in [-0.15, -0.1) is 0 Å². The Morgan fingerprint density at radius 1 is 1.57 bits per heavy atom. The van der Waals surface area contributed by atoms with Gasteiger partial charge in [-0.1, -0.05) is 25.6 Å². The van der Waals surface area contributed by atoms with E-state index in [0.717, 1.165) is 29.6 Å². The van der Waals surface area contributed by atoms with E-state index in [1.54, 1.807) is 18.0 Å². The summed E-state index contributed by atoms with van der Waals surface area (Å²) in [5.74, 6) is 1.00. The van der Waals surface area contributed by atoms with Gasteiger partial charge >= 0.3 is 0 Å². The van der Waals surface area contributed by atoms with E-state index in [1.807, 2.05) is 6.92 Å². The van der Waals surface area contributed by atoms with E-state index in [9.17, 15) is 0 Å². The summed E-state index contributed by atoms with van der Waals surface area (Å²) in [7, 11) is 0. The summed E-state index contributed by atoms with van der Waals surface area (Å²) in [5.41, 5.74) is 6.79. The second-order valence-corrected chi connectivity index (χ2v) is 5.27. The third kappa shape index (κ3) is 3.72. The Labute approximate surface area is 89.5 Å². The number of nitrogens with two attached hydrogens (primary N) is 1. The minimum atomic E-state index is 0.217. The second kappa shape index (κ2) is 4.84. The zero-order chi connectivity index (χ0) is 10.6. The van der Waals surface area contributed by atoms with E-state index < -0.39 is 0 Å². The van der Waals surface area contributed by atoms with Crippen LogP contribution in [-0.2, 0) is 0 Å². The Morgan fingerprint density at radius 2 is 2.29 bits per heavy atom. The Bertz CT molecular complexity index is 283. The summed E-state index contributed by atoms with van der Waals surface area (Å²) in [4.78, 5) is 4.22. The van der Waals surface area contributed by atoms with E-state index >= 15 is 0 Å². The van der Waals surface area contributed by atoms with Crippen LogP contribution in [0.5, 0.6) is 0 Å². The maximum Gasteiger partial charge on any atom is 0.255 e. The molecule has 1 heterocycles. The highest BCUT2D eigenvalue weighted by Gasteiger charge is 2.15. The molecule has 1 rings (SSSR count). The molecule has 0 saturated heterocycles. The highest BCUT2D eigenvalue weighted by molar-refractivity contribution is 7.99. The summed E-state index contributed by atoms with van der Waals surface area (Å²) >= 11 is 1.65. The number of oxazole rings is 1. The Hall–Kier alpha value is -0.480. The predicted octanol–water partition coefficient (Wildman–Crippen LogP) is 2.45. The molecule has 0 unspecified atom stereocenters. The first-order chi connectivity index (χ1) is 6.53. The van der Waals surface area contributed by atoms with Gasteiger partial charge in [-0.2, -0.15) is 0 Å². The van der Waals surface area contributed by atoms with Crippen molar-refractivity contribution < 1.29 is 4.42 Å². The number of aryl methyl sites for hydroxylation is 1. The average molecular weight is 214 g/mol. The van der Waals surface area contributed by atoms with E-state index in [4.69, 9.17) is 10.2 Å². The number of hydrogen-bond donors (Lipinski definition) is 1. The molecule has 0 aliphatic heterocycles. The smallest absolute Gasteiger partial charge is 0.255 e. The minimum Gasteiger partial charge on any atom is -0.440 e. The Morgan fingerprint density at radius 3 is 2.79 bits per heavy atom. The molecular formula is C10H18N2OS. The van der Waals surface area contributed by atoms with Crippen LogP contribution in [0.25, 0.3) is 0 Å². The van der Waals surface area contributed by atoms with Crippen LogP contribution >= 0.6 is 11.8 Å². The van der Waals surface area contributed by atoms with Gasteiger partial charge in [0, 0.05) is 5.75 Å². The third-order valence-electron chi connectivity index (χ3n) is 2.15. The Kier molecular flexibility index (Phi) is 4.01. The summed E-state index contributed by atoms with van der Waals surface area (Å²) in [6.45, 7) is 7.00. The lowest BCUT2D eigenvalue weighted by atomic mass is 9.91. The number of nitrogens with zero attached hydrogens (tertiary/aromatic N) is 1. The molecule has 1 aromatic heterocycles. The third-order valence-corrected chi connectivity index (χ3v) is 3.00. The van der Waals surface area contributed by atoms with Gasteiger partial charge in [0.05, 0.1) is 5.69 Å². The van der Waals surface area contributed by atoms with Crippen molar-refractivity contribution in [2.75, 3.05) is 12.3 Å². The zero-order valence-corrected chi connectivity index (χ0v) is 9.86.